The Balaban J connectivity index is 1.83. The summed E-state index contributed by atoms with van der Waals surface area (Å²) in [5, 5.41) is 6.27. The lowest BCUT2D eigenvalue weighted by Gasteiger charge is -2.27. The molecule has 2 aliphatic heterocycles. The Labute approximate surface area is 114 Å². The van der Waals surface area contributed by atoms with Crippen LogP contribution in [0.3, 0.4) is 0 Å². The predicted molar refractivity (Wildman–Crippen MR) is 70.0 cm³/mol. The third kappa shape index (κ3) is 3.45. The molecular weight excluding hydrogens is 248 g/mol. The topological polar surface area (TPSA) is 68.8 Å². The first-order valence-corrected chi connectivity index (χ1v) is 6.92. The molecule has 2 aliphatic rings. The maximum absolute atomic E-state index is 12.2. The molecule has 6 heteroatoms. The van der Waals surface area contributed by atoms with Crippen LogP contribution in [0.1, 0.15) is 13.3 Å². The van der Waals surface area contributed by atoms with Gasteiger partial charge in [0.15, 0.2) is 0 Å². The molecule has 2 saturated heterocycles. The second-order valence-corrected chi connectivity index (χ2v) is 5.22. The second-order valence-electron chi connectivity index (χ2n) is 5.22. The Kier molecular flexibility index (Phi) is 5.15. The van der Waals surface area contributed by atoms with Crippen LogP contribution in [-0.2, 0) is 19.0 Å². The number of methoxy groups -OCH3 is 1. The van der Waals surface area contributed by atoms with Gasteiger partial charge in [-0.3, -0.25) is 4.79 Å². The summed E-state index contributed by atoms with van der Waals surface area (Å²) in [5.74, 6) is -0.0806. The number of hydrogen-bond acceptors (Lipinski definition) is 5. The van der Waals surface area contributed by atoms with Crippen molar-refractivity contribution < 1.29 is 19.0 Å². The van der Waals surface area contributed by atoms with Crippen LogP contribution in [0.15, 0.2) is 0 Å². The Hall–Kier alpha value is -0.690. The lowest BCUT2D eigenvalue weighted by Crippen LogP contribution is -2.49. The summed E-state index contributed by atoms with van der Waals surface area (Å²) in [6, 6.07) is 0.114. The van der Waals surface area contributed by atoms with Crippen LogP contribution in [0.2, 0.25) is 0 Å². The molecule has 2 N–H and O–H groups in total. The number of rotatable bonds is 6. The first-order valence-electron chi connectivity index (χ1n) is 6.92. The summed E-state index contributed by atoms with van der Waals surface area (Å²) in [5.41, 5.74) is -0.358. The van der Waals surface area contributed by atoms with Crippen LogP contribution in [0.4, 0.5) is 0 Å². The largest absolute Gasteiger partial charge is 0.379 e. The number of likely N-dealkylation sites (N-methyl/N-ethyl adjacent to an activating group) is 1. The number of nitrogens with one attached hydrogen (secondary N) is 2. The second kappa shape index (κ2) is 6.65. The lowest BCUT2D eigenvalue weighted by molar-refractivity contribution is -0.127. The van der Waals surface area contributed by atoms with E-state index in [2.05, 4.69) is 10.6 Å². The van der Waals surface area contributed by atoms with Gasteiger partial charge in [0, 0.05) is 32.7 Å². The summed E-state index contributed by atoms with van der Waals surface area (Å²) in [6.07, 6.45) is 0.821. The first kappa shape index (κ1) is 14.7. The van der Waals surface area contributed by atoms with Crippen LogP contribution in [0, 0.1) is 5.92 Å². The molecule has 2 fully saturated rings. The van der Waals surface area contributed by atoms with E-state index in [0.29, 0.717) is 33.0 Å². The molecule has 0 aliphatic carbocycles. The van der Waals surface area contributed by atoms with E-state index in [9.17, 15) is 4.79 Å². The van der Waals surface area contributed by atoms with Crippen LogP contribution in [-0.4, -0.2) is 64.2 Å². The van der Waals surface area contributed by atoms with E-state index >= 15 is 0 Å². The Morgan fingerprint density at radius 3 is 2.89 bits per heavy atom. The highest BCUT2D eigenvalue weighted by molar-refractivity contribution is 5.80. The molecule has 0 saturated carbocycles. The zero-order chi connectivity index (χ0) is 13.7. The fraction of sp³-hybridized carbons (Fsp3) is 0.923. The maximum Gasteiger partial charge on any atom is 0.227 e. The molecule has 0 aromatic rings. The zero-order valence-electron chi connectivity index (χ0n) is 11.7. The molecule has 2 heterocycles. The van der Waals surface area contributed by atoms with Crippen molar-refractivity contribution in [3.63, 3.8) is 0 Å². The van der Waals surface area contributed by atoms with Crippen molar-refractivity contribution >= 4 is 5.91 Å². The molecule has 2 rings (SSSR count). The number of hydrogen-bond donors (Lipinski definition) is 2. The van der Waals surface area contributed by atoms with Gasteiger partial charge in [-0.25, -0.2) is 0 Å². The van der Waals surface area contributed by atoms with Gasteiger partial charge in [-0.1, -0.05) is 6.92 Å². The van der Waals surface area contributed by atoms with Crippen molar-refractivity contribution in [1.29, 1.82) is 0 Å². The van der Waals surface area contributed by atoms with E-state index in [4.69, 9.17) is 14.2 Å². The molecule has 3 unspecified atom stereocenters. The summed E-state index contributed by atoms with van der Waals surface area (Å²) < 4.78 is 16.2. The summed E-state index contributed by atoms with van der Waals surface area (Å²) in [7, 11) is 1.67. The van der Waals surface area contributed by atoms with Gasteiger partial charge in [0.25, 0.3) is 0 Å². The third-order valence-electron chi connectivity index (χ3n) is 3.97. The molecule has 6 nitrogen and oxygen atoms in total. The number of amides is 1. The number of carbonyl (C=O) groups is 1. The van der Waals surface area contributed by atoms with Gasteiger partial charge in [-0.2, -0.15) is 0 Å². The van der Waals surface area contributed by atoms with Crippen molar-refractivity contribution in [2.45, 2.75) is 25.0 Å². The van der Waals surface area contributed by atoms with Crippen molar-refractivity contribution in [3.05, 3.63) is 0 Å². The van der Waals surface area contributed by atoms with Crippen LogP contribution in [0.25, 0.3) is 0 Å². The third-order valence-corrected chi connectivity index (χ3v) is 3.97. The molecule has 19 heavy (non-hydrogen) atoms. The van der Waals surface area contributed by atoms with Crippen molar-refractivity contribution in [1.82, 2.24) is 10.6 Å². The Bertz CT molecular complexity index is 305. The lowest BCUT2D eigenvalue weighted by atomic mass is 10.00. The minimum absolute atomic E-state index is 0.0341. The minimum atomic E-state index is -0.358. The molecular formula is C13H24N2O4. The Morgan fingerprint density at radius 2 is 2.26 bits per heavy atom. The van der Waals surface area contributed by atoms with Gasteiger partial charge in [0.2, 0.25) is 5.91 Å². The van der Waals surface area contributed by atoms with Gasteiger partial charge in [-0.15, -0.1) is 0 Å². The van der Waals surface area contributed by atoms with Gasteiger partial charge < -0.3 is 24.8 Å². The monoisotopic (exact) mass is 272 g/mol. The average molecular weight is 272 g/mol. The highest BCUT2D eigenvalue weighted by Crippen LogP contribution is 2.22. The van der Waals surface area contributed by atoms with Crippen LogP contribution in [0.5, 0.6) is 0 Å². The summed E-state index contributed by atoms with van der Waals surface area (Å²) in [4.78, 5) is 12.2. The van der Waals surface area contributed by atoms with E-state index in [1.165, 1.54) is 0 Å². The molecule has 3 atom stereocenters. The smallest absolute Gasteiger partial charge is 0.227 e. The molecule has 110 valence electrons. The molecule has 0 radical (unpaired) electrons. The molecule has 0 spiro atoms. The van der Waals surface area contributed by atoms with E-state index in [1.807, 2.05) is 6.92 Å². The fourth-order valence-corrected chi connectivity index (χ4v) is 2.62. The maximum atomic E-state index is 12.2. The van der Waals surface area contributed by atoms with Gasteiger partial charge >= 0.3 is 0 Å². The SMILES string of the molecule is CCNC1COCC1C(=O)NCC1(OC)CCOC1. The normalized spacial score (nSPS) is 34.6. The molecule has 0 aromatic heterocycles. The van der Waals surface area contributed by atoms with Gasteiger partial charge in [-0.05, 0) is 6.54 Å². The molecule has 0 bridgehead atoms. The van der Waals surface area contributed by atoms with E-state index in [-0.39, 0.29) is 23.5 Å². The highest BCUT2D eigenvalue weighted by Gasteiger charge is 2.38. The average Bonchev–Trinajstić information content (AvgIpc) is 3.06. The molecule has 1 amide bonds. The van der Waals surface area contributed by atoms with E-state index in [1.54, 1.807) is 7.11 Å². The zero-order valence-corrected chi connectivity index (χ0v) is 11.7. The quantitative estimate of drug-likeness (QED) is 0.684. The number of ether oxygens (including phenoxy) is 3. The number of carbonyl (C=O) groups excluding carboxylic acids is 1. The van der Waals surface area contributed by atoms with E-state index < -0.39 is 0 Å². The van der Waals surface area contributed by atoms with Crippen LogP contribution >= 0.6 is 0 Å². The van der Waals surface area contributed by atoms with Gasteiger partial charge in [0.05, 0.1) is 25.7 Å². The highest BCUT2D eigenvalue weighted by atomic mass is 16.5. The Morgan fingerprint density at radius 1 is 1.42 bits per heavy atom. The minimum Gasteiger partial charge on any atom is -0.379 e. The predicted octanol–water partition coefficient (Wildman–Crippen LogP) is -0.467. The van der Waals surface area contributed by atoms with Crippen LogP contribution < -0.4 is 10.6 Å². The van der Waals surface area contributed by atoms with Crippen molar-refractivity contribution in [3.8, 4) is 0 Å². The van der Waals surface area contributed by atoms with Crippen molar-refractivity contribution in [2.24, 2.45) is 5.92 Å². The van der Waals surface area contributed by atoms with E-state index in [0.717, 1.165) is 13.0 Å². The summed E-state index contributed by atoms with van der Waals surface area (Å²) >= 11 is 0. The first-order chi connectivity index (χ1) is 9.21. The standard InChI is InChI=1S/C13H24N2O4/c1-3-14-11-7-19-6-10(11)12(16)15-8-13(17-2)4-5-18-9-13/h10-11,14H,3-9H2,1-2H3,(H,15,16). The summed E-state index contributed by atoms with van der Waals surface area (Å²) in [6.45, 7) is 5.69. The van der Waals surface area contributed by atoms with Crippen molar-refractivity contribution in [2.75, 3.05) is 46.6 Å². The molecule has 0 aromatic carbocycles. The fourth-order valence-electron chi connectivity index (χ4n) is 2.62. The van der Waals surface area contributed by atoms with Gasteiger partial charge in [0.1, 0.15) is 5.60 Å².